The second-order valence-corrected chi connectivity index (χ2v) is 14.7. The molecule has 4 fully saturated rings. The van der Waals surface area contributed by atoms with Crippen molar-refractivity contribution < 1.29 is 9.53 Å². The standard InChI is InChI=1S/C34H53NO2/c1-22(2)23(3)9-10-24(4)29-13-14-30-28-12-11-26-20-27(37-32(36)25-8-7-19-35-21-25)15-17-33(26,5)31(28)16-18-34(29,30)6/h7-8,19,21-24,26-31H,9-18,20H2,1-6H3/t23-,24-,26+,27+,28+,29-,30+,31+,33+,34-/m1/s1. The predicted molar refractivity (Wildman–Crippen MR) is 151 cm³/mol. The van der Waals surface area contributed by atoms with Crippen LogP contribution in [0.25, 0.3) is 0 Å². The van der Waals surface area contributed by atoms with E-state index in [2.05, 4.69) is 46.5 Å². The molecule has 0 aliphatic heterocycles. The Bertz CT molecular complexity index is 929. The van der Waals surface area contributed by atoms with Gasteiger partial charge in [-0.2, -0.15) is 0 Å². The van der Waals surface area contributed by atoms with Gasteiger partial charge in [-0.15, -0.1) is 0 Å². The van der Waals surface area contributed by atoms with Gasteiger partial charge in [0.2, 0.25) is 0 Å². The van der Waals surface area contributed by atoms with Crippen molar-refractivity contribution in [2.24, 2.45) is 58.2 Å². The van der Waals surface area contributed by atoms with Crippen molar-refractivity contribution in [2.45, 2.75) is 118 Å². The maximum atomic E-state index is 12.7. The highest BCUT2D eigenvalue weighted by molar-refractivity contribution is 5.89. The summed E-state index contributed by atoms with van der Waals surface area (Å²) in [6.45, 7) is 15.1. The topological polar surface area (TPSA) is 39.2 Å². The van der Waals surface area contributed by atoms with E-state index in [0.717, 1.165) is 54.3 Å². The number of ether oxygens (including phenoxy) is 1. The molecule has 4 aliphatic carbocycles. The Hall–Kier alpha value is -1.38. The lowest BCUT2D eigenvalue weighted by molar-refractivity contribution is -0.130. The molecule has 3 heteroatoms. The van der Waals surface area contributed by atoms with Crippen molar-refractivity contribution in [1.29, 1.82) is 0 Å². The fourth-order valence-electron chi connectivity index (χ4n) is 10.1. The molecular weight excluding hydrogens is 454 g/mol. The van der Waals surface area contributed by atoms with E-state index in [-0.39, 0.29) is 12.1 Å². The highest BCUT2D eigenvalue weighted by Gasteiger charge is 2.60. The lowest BCUT2D eigenvalue weighted by Crippen LogP contribution is -2.54. The summed E-state index contributed by atoms with van der Waals surface area (Å²) >= 11 is 0. The second kappa shape index (κ2) is 10.6. The number of aromatic nitrogens is 1. The summed E-state index contributed by atoms with van der Waals surface area (Å²) in [5, 5.41) is 0. The number of pyridine rings is 1. The van der Waals surface area contributed by atoms with Gasteiger partial charge in [-0.05, 0) is 128 Å². The molecule has 0 unspecified atom stereocenters. The normalized spacial score (nSPS) is 40.8. The zero-order chi connectivity index (χ0) is 26.4. The molecule has 0 spiro atoms. The van der Waals surface area contributed by atoms with Crippen LogP contribution in [0.4, 0.5) is 0 Å². The summed E-state index contributed by atoms with van der Waals surface area (Å²) in [6.07, 6.45) is 18.1. The highest BCUT2D eigenvalue weighted by atomic mass is 16.5. The van der Waals surface area contributed by atoms with E-state index in [0.29, 0.717) is 22.3 Å². The molecule has 1 aromatic heterocycles. The molecule has 0 amide bonds. The van der Waals surface area contributed by atoms with E-state index < -0.39 is 0 Å². The smallest absolute Gasteiger partial charge is 0.339 e. The van der Waals surface area contributed by atoms with E-state index in [9.17, 15) is 4.79 Å². The van der Waals surface area contributed by atoms with Gasteiger partial charge in [-0.1, -0.05) is 54.4 Å². The minimum atomic E-state index is -0.197. The van der Waals surface area contributed by atoms with Crippen LogP contribution in [0.3, 0.4) is 0 Å². The van der Waals surface area contributed by atoms with Crippen LogP contribution in [0.2, 0.25) is 0 Å². The second-order valence-electron chi connectivity index (χ2n) is 14.7. The Balaban J connectivity index is 1.22. The number of nitrogens with zero attached hydrogens (tertiary/aromatic N) is 1. The summed E-state index contributed by atoms with van der Waals surface area (Å²) in [6, 6.07) is 3.63. The quantitative estimate of drug-likeness (QED) is 0.346. The van der Waals surface area contributed by atoms with Gasteiger partial charge in [0.1, 0.15) is 6.10 Å². The number of esters is 1. The largest absolute Gasteiger partial charge is 0.459 e. The first-order chi connectivity index (χ1) is 17.6. The first-order valence-corrected chi connectivity index (χ1v) is 15.7. The van der Waals surface area contributed by atoms with Crippen molar-refractivity contribution in [3.63, 3.8) is 0 Å². The van der Waals surface area contributed by atoms with E-state index in [1.54, 1.807) is 12.4 Å². The Morgan fingerprint density at radius 2 is 1.73 bits per heavy atom. The van der Waals surface area contributed by atoms with Gasteiger partial charge >= 0.3 is 5.97 Å². The van der Waals surface area contributed by atoms with Crippen LogP contribution >= 0.6 is 0 Å². The summed E-state index contributed by atoms with van der Waals surface area (Å²) in [5.41, 5.74) is 1.56. The van der Waals surface area contributed by atoms with Crippen LogP contribution in [0.5, 0.6) is 0 Å². The van der Waals surface area contributed by atoms with Crippen LogP contribution in [0.1, 0.15) is 123 Å². The van der Waals surface area contributed by atoms with Gasteiger partial charge in [0.25, 0.3) is 0 Å². The maximum absolute atomic E-state index is 12.7. The Labute approximate surface area is 226 Å². The average Bonchev–Trinajstić information content (AvgIpc) is 3.25. The van der Waals surface area contributed by atoms with E-state index >= 15 is 0 Å². The number of hydrogen-bond donors (Lipinski definition) is 0. The highest BCUT2D eigenvalue weighted by Crippen LogP contribution is 2.68. The van der Waals surface area contributed by atoms with Crippen molar-refractivity contribution >= 4 is 5.97 Å². The monoisotopic (exact) mass is 507 g/mol. The van der Waals surface area contributed by atoms with Crippen LogP contribution in [0.15, 0.2) is 24.5 Å². The van der Waals surface area contributed by atoms with Crippen molar-refractivity contribution in [1.82, 2.24) is 4.98 Å². The van der Waals surface area contributed by atoms with Gasteiger partial charge in [0, 0.05) is 12.4 Å². The Morgan fingerprint density at radius 3 is 2.46 bits per heavy atom. The lowest BCUT2D eigenvalue weighted by atomic mass is 9.44. The van der Waals surface area contributed by atoms with Crippen molar-refractivity contribution in [3.8, 4) is 0 Å². The first-order valence-electron chi connectivity index (χ1n) is 15.7. The molecule has 0 bridgehead atoms. The molecule has 4 saturated carbocycles. The third-order valence-corrected chi connectivity index (χ3v) is 12.8. The summed E-state index contributed by atoms with van der Waals surface area (Å²) < 4.78 is 6.01. The Morgan fingerprint density at radius 1 is 0.973 bits per heavy atom. The number of carbonyl (C=O) groups excluding carboxylic acids is 1. The van der Waals surface area contributed by atoms with Crippen LogP contribution in [-0.4, -0.2) is 17.1 Å². The zero-order valence-electron chi connectivity index (χ0n) is 24.5. The number of hydrogen-bond acceptors (Lipinski definition) is 3. The molecule has 3 nitrogen and oxygen atoms in total. The minimum Gasteiger partial charge on any atom is -0.459 e. The molecule has 1 aromatic rings. The lowest BCUT2D eigenvalue weighted by Gasteiger charge is -2.61. The fraction of sp³-hybridized carbons (Fsp3) is 0.824. The van der Waals surface area contributed by atoms with Crippen LogP contribution < -0.4 is 0 Å². The van der Waals surface area contributed by atoms with Crippen molar-refractivity contribution in [2.75, 3.05) is 0 Å². The Kier molecular flexibility index (Phi) is 7.83. The van der Waals surface area contributed by atoms with Gasteiger partial charge in [0.05, 0.1) is 5.56 Å². The zero-order valence-corrected chi connectivity index (χ0v) is 24.5. The molecule has 4 aliphatic rings. The molecular formula is C34H53NO2. The minimum absolute atomic E-state index is 0.0705. The molecule has 0 aromatic carbocycles. The number of carbonyl (C=O) groups is 1. The van der Waals surface area contributed by atoms with E-state index in [4.69, 9.17) is 4.74 Å². The maximum Gasteiger partial charge on any atom is 0.339 e. The number of rotatable bonds is 7. The number of fused-ring (bicyclic) bond motifs is 5. The molecule has 0 radical (unpaired) electrons. The predicted octanol–water partition coefficient (Wildman–Crippen LogP) is 8.97. The summed E-state index contributed by atoms with van der Waals surface area (Å²) in [4.78, 5) is 16.8. The van der Waals surface area contributed by atoms with E-state index in [1.165, 1.54) is 57.8 Å². The summed E-state index contributed by atoms with van der Waals surface area (Å²) in [5.74, 6) is 6.66. The molecule has 10 atom stereocenters. The van der Waals surface area contributed by atoms with E-state index in [1.807, 2.05) is 12.1 Å². The average molecular weight is 508 g/mol. The van der Waals surface area contributed by atoms with Gasteiger partial charge < -0.3 is 4.74 Å². The fourth-order valence-corrected chi connectivity index (χ4v) is 10.1. The van der Waals surface area contributed by atoms with Gasteiger partial charge in [-0.25, -0.2) is 4.79 Å². The first kappa shape index (κ1) is 27.2. The van der Waals surface area contributed by atoms with Crippen LogP contribution in [0, 0.1) is 58.2 Å². The molecule has 0 saturated heterocycles. The summed E-state index contributed by atoms with van der Waals surface area (Å²) in [7, 11) is 0. The molecule has 0 N–H and O–H groups in total. The molecule has 37 heavy (non-hydrogen) atoms. The molecule has 1 heterocycles. The third kappa shape index (κ3) is 5.03. The molecule has 206 valence electrons. The third-order valence-electron chi connectivity index (χ3n) is 12.8. The van der Waals surface area contributed by atoms with Crippen molar-refractivity contribution in [3.05, 3.63) is 30.1 Å². The van der Waals surface area contributed by atoms with Gasteiger partial charge in [-0.3, -0.25) is 4.98 Å². The van der Waals surface area contributed by atoms with Gasteiger partial charge in [0.15, 0.2) is 0 Å². The SMILES string of the molecule is CC(C)[C@H](C)CC[C@@H](C)[C@H]1CC[C@H]2[C@@H]3CC[C@H]4C[C@@H](OC(=O)c5cccnc5)CC[C@]4(C)[C@H]3CC[C@]12C. The molecule has 5 rings (SSSR count). The van der Waals surface area contributed by atoms with Crippen LogP contribution in [-0.2, 0) is 4.74 Å².